The van der Waals surface area contributed by atoms with E-state index in [9.17, 15) is 4.79 Å². The lowest BCUT2D eigenvalue weighted by atomic mass is 10.1. The van der Waals surface area contributed by atoms with Crippen LogP contribution in [0.25, 0.3) is 10.2 Å². The van der Waals surface area contributed by atoms with E-state index in [0.717, 1.165) is 23.2 Å². The van der Waals surface area contributed by atoms with E-state index in [-0.39, 0.29) is 5.78 Å². The number of aryl methyl sites for hydroxylation is 1. The van der Waals surface area contributed by atoms with Crippen LogP contribution < -0.4 is 0 Å². The van der Waals surface area contributed by atoms with Crippen molar-refractivity contribution in [2.45, 2.75) is 19.9 Å². The van der Waals surface area contributed by atoms with Gasteiger partial charge in [0.1, 0.15) is 5.69 Å². The number of fused-ring (bicyclic) bond motifs is 1. The van der Waals surface area contributed by atoms with E-state index < -0.39 is 0 Å². The van der Waals surface area contributed by atoms with E-state index in [0.29, 0.717) is 11.3 Å². The number of carbonyl (C=O) groups is 1. The molecule has 3 heterocycles. The molecule has 0 saturated carbocycles. The quantitative estimate of drug-likeness (QED) is 0.685. The van der Waals surface area contributed by atoms with Crippen molar-refractivity contribution in [2.24, 2.45) is 0 Å². The van der Waals surface area contributed by atoms with Gasteiger partial charge in [0.05, 0.1) is 10.2 Å². The maximum absolute atomic E-state index is 12.5. The highest BCUT2D eigenvalue weighted by atomic mass is 32.1. The molecule has 4 nitrogen and oxygen atoms in total. The molecule has 0 spiro atoms. The number of rotatable bonds is 4. The van der Waals surface area contributed by atoms with Gasteiger partial charge in [0, 0.05) is 24.5 Å². The highest BCUT2D eigenvalue weighted by molar-refractivity contribution is 7.17. The first-order valence-electron chi connectivity index (χ1n) is 6.19. The van der Waals surface area contributed by atoms with Gasteiger partial charge in [-0.2, -0.15) is 5.10 Å². The Bertz CT molecular complexity index is 729. The van der Waals surface area contributed by atoms with Crippen molar-refractivity contribution in [1.82, 2.24) is 14.8 Å². The zero-order chi connectivity index (χ0) is 13.2. The lowest BCUT2D eigenvalue weighted by molar-refractivity contribution is 0.102. The Labute approximate surface area is 114 Å². The Morgan fingerprint density at radius 3 is 3.16 bits per heavy atom. The summed E-state index contributed by atoms with van der Waals surface area (Å²) in [5.41, 5.74) is 2.18. The van der Waals surface area contributed by atoms with Crippen LogP contribution in [0.2, 0.25) is 0 Å². The van der Waals surface area contributed by atoms with E-state index in [2.05, 4.69) is 17.0 Å². The van der Waals surface area contributed by atoms with Crippen LogP contribution in [-0.2, 0) is 6.54 Å². The molecule has 0 amide bonds. The van der Waals surface area contributed by atoms with Crippen LogP contribution in [0.1, 0.15) is 29.4 Å². The van der Waals surface area contributed by atoms with Crippen molar-refractivity contribution >= 4 is 27.3 Å². The van der Waals surface area contributed by atoms with Crippen LogP contribution in [0, 0.1) is 0 Å². The van der Waals surface area contributed by atoms with Gasteiger partial charge in [0.2, 0.25) is 5.78 Å². The standard InChI is InChI=1S/C14H13N3OS/c1-2-6-17-12(3-5-16-17)14(18)10-8-13-11(15-9-10)4-7-19-13/h3-5,7-9H,2,6H2,1H3. The molecule has 0 aliphatic rings. The summed E-state index contributed by atoms with van der Waals surface area (Å²) in [6.45, 7) is 2.82. The summed E-state index contributed by atoms with van der Waals surface area (Å²) in [5.74, 6) is -0.0197. The third kappa shape index (κ3) is 2.17. The summed E-state index contributed by atoms with van der Waals surface area (Å²) in [4.78, 5) is 16.8. The fraction of sp³-hybridized carbons (Fsp3) is 0.214. The van der Waals surface area contributed by atoms with E-state index in [1.165, 1.54) is 0 Å². The number of aromatic nitrogens is 3. The van der Waals surface area contributed by atoms with Crippen molar-refractivity contribution in [3.63, 3.8) is 0 Å². The Kier molecular flexibility index (Phi) is 3.13. The number of ketones is 1. The summed E-state index contributed by atoms with van der Waals surface area (Å²) >= 11 is 1.59. The summed E-state index contributed by atoms with van der Waals surface area (Å²) in [7, 11) is 0. The number of nitrogens with zero attached hydrogens (tertiary/aromatic N) is 3. The van der Waals surface area contributed by atoms with E-state index in [4.69, 9.17) is 0 Å². The first kappa shape index (κ1) is 12.0. The first-order valence-corrected chi connectivity index (χ1v) is 7.07. The topological polar surface area (TPSA) is 47.8 Å². The van der Waals surface area contributed by atoms with Crippen molar-refractivity contribution in [2.75, 3.05) is 0 Å². The Balaban J connectivity index is 2.00. The largest absolute Gasteiger partial charge is 0.287 e. The Hall–Kier alpha value is -2.01. The predicted molar refractivity (Wildman–Crippen MR) is 75.6 cm³/mol. The van der Waals surface area contributed by atoms with E-state index in [1.807, 2.05) is 17.5 Å². The van der Waals surface area contributed by atoms with Crippen molar-refractivity contribution in [1.29, 1.82) is 0 Å². The van der Waals surface area contributed by atoms with Gasteiger partial charge in [-0.25, -0.2) is 0 Å². The van der Waals surface area contributed by atoms with Crippen molar-refractivity contribution in [3.05, 3.63) is 47.2 Å². The average Bonchev–Trinajstić information content (AvgIpc) is 3.05. The van der Waals surface area contributed by atoms with Crippen LogP contribution in [0.3, 0.4) is 0 Å². The molecule has 0 unspecified atom stereocenters. The van der Waals surface area contributed by atoms with Crippen LogP contribution in [0.4, 0.5) is 0 Å². The molecule has 0 aromatic carbocycles. The molecule has 0 radical (unpaired) electrons. The Morgan fingerprint density at radius 2 is 2.32 bits per heavy atom. The molecule has 96 valence electrons. The van der Waals surface area contributed by atoms with E-state index in [1.54, 1.807) is 34.5 Å². The van der Waals surface area contributed by atoms with Crippen LogP contribution >= 0.6 is 11.3 Å². The number of carbonyl (C=O) groups excluding carboxylic acids is 1. The second kappa shape index (κ2) is 4.93. The van der Waals surface area contributed by atoms with Gasteiger partial charge < -0.3 is 0 Å². The maximum atomic E-state index is 12.5. The second-order valence-corrected chi connectivity index (χ2v) is 5.24. The zero-order valence-electron chi connectivity index (χ0n) is 10.5. The number of thiophene rings is 1. The first-order chi connectivity index (χ1) is 9.29. The minimum absolute atomic E-state index is 0.0197. The lowest BCUT2D eigenvalue weighted by Gasteiger charge is -2.05. The highest BCUT2D eigenvalue weighted by Gasteiger charge is 2.15. The van der Waals surface area contributed by atoms with Gasteiger partial charge in [0.25, 0.3) is 0 Å². The van der Waals surface area contributed by atoms with Gasteiger partial charge in [-0.1, -0.05) is 6.92 Å². The summed E-state index contributed by atoms with van der Waals surface area (Å²) in [6, 6.07) is 5.62. The fourth-order valence-corrected chi connectivity index (χ4v) is 2.81. The third-order valence-electron chi connectivity index (χ3n) is 2.95. The molecule has 3 rings (SSSR count). The Morgan fingerprint density at radius 1 is 1.42 bits per heavy atom. The minimum atomic E-state index is -0.0197. The van der Waals surface area contributed by atoms with Crippen molar-refractivity contribution in [3.8, 4) is 0 Å². The maximum Gasteiger partial charge on any atom is 0.212 e. The molecular weight excluding hydrogens is 258 g/mol. The molecule has 0 atom stereocenters. The molecule has 3 aromatic heterocycles. The lowest BCUT2D eigenvalue weighted by Crippen LogP contribution is -2.11. The molecule has 0 fully saturated rings. The molecule has 5 heteroatoms. The molecule has 3 aromatic rings. The van der Waals surface area contributed by atoms with Crippen molar-refractivity contribution < 1.29 is 4.79 Å². The second-order valence-electron chi connectivity index (χ2n) is 4.30. The summed E-state index contributed by atoms with van der Waals surface area (Å²) < 4.78 is 2.79. The van der Waals surface area contributed by atoms with Gasteiger partial charge in [-0.3, -0.25) is 14.5 Å². The van der Waals surface area contributed by atoms with Crippen LogP contribution in [-0.4, -0.2) is 20.5 Å². The fourth-order valence-electron chi connectivity index (χ4n) is 2.03. The van der Waals surface area contributed by atoms with Gasteiger partial charge in [-0.05, 0) is 30.0 Å². The predicted octanol–water partition coefficient (Wildman–Crippen LogP) is 3.13. The van der Waals surface area contributed by atoms with E-state index >= 15 is 0 Å². The normalized spacial score (nSPS) is 11.0. The number of pyridine rings is 1. The number of hydrogen-bond acceptors (Lipinski definition) is 4. The SMILES string of the molecule is CCCn1nccc1C(=O)c1cnc2ccsc2c1. The highest BCUT2D eigenvalue weighted by Crippen LogP contribution is 2.21. The third-order valence-corrected chi connectivity index (χ3v) is 3.80. The number of hydrogen-bond donors (Lipinski definition) is 0. The summed E-state index contributed by atoms with van der Waals surface area (Å²) in [6.07, 6.45) is 4.25. The van der Waals surface area contributed by atoms with Crippen LogP contribution in [0.15, 0.2) is 36.0 Å². The molecule has 0 bridgehead atoms. The molecular formula is C14H13N3OS. The van der Waals surface area contributed by atoms with Crippen LogP contribution in [0.5, 0.6) is 0 Å². The molecule has 0 N–H and O–H groups in total. The average molecular weight is 271 g/mol. The zero-order valence-corrected chi connectivity index (χ0v) is 11.4. The minimum Gasteiger partial charge on any atom is -0.287 e. The van der Waals surface area contributed by atoms with Gasteiger partial charge >= 0.3 is 0 Å². The monoisotopic (exact) mass is 271 g/mol. The molecule has 19 heavy (non-hydrogen) atoms. The molecule has 0 saturated heterocycles. The van der Waals surface area contributed by atoms with Gasteiger partial charge in [-0.15, -0.1) is 11.3 Å². The molecule has 0 aliphatic heterocycles. The smallest absolute Gasteiger partial charge is 0.212 e. The molecule has 0 aliphatic carbocycles. The van der Waals surface area contributed by atoms with Gasteiger partial charge in [0.15, 0.2) is 0 Å². The summed E-state index contributed by atoms with van der Waals surface area (Å²) in [5, 5.41) is 6.16.